The summed E-state index contributed by atoms with van der Waals surface area (Å²) < 4.78 is 22.7. The molecule has 0 aliphatic rings. The third-order valence-electron chi connectivity index (χ3n) is 8.81. The van der Waals surface area contributed by atoms with E-state index in [2.05, 4.69) is 85.0 Å². The quantitative estimate of drug-likeness (QED) is 0.101. The van der Waals surface area contributed by atoms with Gasteiger partial charge in [-0.3, -0.25) is 0 Å². The average molecular weight is 1720 g/mol. The second kappa shape index (κ2) is 29.2. The van der Waals surface area contributed by atoms with E-state index in [1.165, 1.54) is 0 Å². The van der Waals surface area contributed by atoms with E-state index in [0.29, 0.717) is 25.0 Å². The van der Waals surface area contributed by atoms with Crippen LogP contribution in [0.1, 0.15) is 27.7 Å². The number of benzene rings is 5. The smallest absolute Gasteiger partial charge is 0.161 e. The molecule has 62 heavy (non-hydrogen) atoms. The van der Waals surface area contributed by atoms with Gasteiger partial charge in [0.05, 0.1) is 27.4 Å². The third-order valence-corrected chi connectivity index (χ3v) is 8.81. The summed E-state index contributed by atoms with van der Waals surface area (Å²) in [6.07, 6.45) is 3.59. The average Bonchev–Trinajstić information content (AvgIpc) is 3.26. The Morgan fingerprint density at radius 1 is 0.484 bits per heavy atom. The number of hydrogen-bond donors (Lipinski definition) is 0. The number of pyridine rings is 2. The first kappa shape index (κ1) is 56.7. The Hall–Kier alpha value is -3.35. The fraction of sp³-hybridized carbons (Fsp3) is 0.200. The molecule has 0 amide bonds. The molecule has 5 radical (unpaired) electrons. The number of nitrogens with zero attached hydrogens (tertiary/aromatic N) is 3. The second-order valence-electron chi connectivity index (χ2n) is 14.2. The summed E-state index contributed by atoms with van der Waals surface area (Å²) in [6, 6.07) is 52.7. The van der Waals surface area contributed by atoms with E-state index in [9.17, 15) is 0 Å². The summed E-state index contributed by atoms with van der Waals surface area (Å²) in [5.41, 5.74) is 8.96. The largest absolute Gasteiger partial charge is 0.497 e. The summed E-state index contributed by atoms with van der Waals surface area (Å²) in [5, 5.41) is 0. The SMILES string of the molecule is CC(C)COc1ccc(-c2cc[c-]c(-c3ccccn3)c2)cc1OCC(C)C.COc1ccc(N(c2ccc(OC)cc2)c2cc[c-]c(-c3ccccn3)c2)cc1.[Ir].[Ir].[Ir].[Ir].[Ir]. The van der Waals surface area contributed by atoms with Crippen LogP contribution >= 0.6 is 0 Å². The van der Waals surface area contributed by atoms with Crippen molar-refractivity contribution in [1.82, 2.24) is 9.97 Å². The summed E-state index contributed by atoms with van der Waals surface area (Å²) in [7, 11) is 3.34. The molecule has 0 fully saturated rings. The molecule has 0 saturated carbocycles. The fourth-order valence-electron chi connectivity index (χ4n) is 5.92. The van der Waals surface area contributed by atoms with E-state index in [-0.39, 0.29) is 101 Å². The number of ether oxygens (including phenoxy) is 4. The second-order valence-corrected chi connectivity index (χ2v) is 14.2. The van der Waals surface area contributed by atoms with E-state index in [0.717, 1.165) is 73.7 Å². The van der Waals surface area contributed by atoms with Gasteiger partial charge in [0.2, 0.25) is 0 Å². The first-order valence-corrected chi connectivity index (χ1v) is 19.2. The normalized spacial score (nSPS) is 9.87. The van der Waals surface area contributed by atoms with Gasteiger partial charge in [-0.05, 0) is 107 Å². The number of aromatic nitrogens is 2. The van der Waals surface area contributed by atoms with Crippen molar-refractivity contribution < 1.29 is 119 Å². The van der Waals surface area contributed by atoms with Gasteiger partial charge in [0.1, 0.15) is 11.5 Å². The first-order chi connectivity index (χ1) is 27.8. The van der Waals surface area contributed by atoms with E-state index in [1.54, 1.807) is 26.6 Å². The van der Waals surface area contributed by atoms with Crippen molar-refractivity contribution in [3.05, 3.63) is 164 Å². The van der Waals surface area contributed by atoms with Gasteiger partial charge in [0.25, 0.3) is 0 Å². The van der Waals surface area contributed by atoms with Gasteiger partial charge in [-0.1, -0.05) is 58.0 Å². The molecule has 0 bridgehead atoms. The Kier molecular flexibility index (Phi) is 26.7. The molecule has 0 atom stereocenters. The Morgan fingerprint density at radius 3 is 1.42 bits per heavy atom. The molecular formula is C50H49Ir5N3O4-2. The van der Waals surface area contributed by atoms with Gasteiger partial charge in [-0.15, -0.1) is 65.2 Å². The van der Waals surface area contributed by atoms with Crippen LogP contribution in [0.4, 0.5) is 17.1 Å². The van der Waals surface area contributed by atoms with Crippen LogP contribution in [0.3, 0.4) is 0 Å². The third kappa shape index (κ3) is 16.3. The summed E-state index contributed by atoms with van der Waals surface area (Å²) in [5.74, 6) is 4.13. The molecule has 5 aromatic carbocycles. The molecule has 0 N–H and O–H groups in total. The number of anilines is 3. The van der Waals surface area contributed by atoms with Crippen LogP contribution in [0, 0.1) is 24.0 Å². The zero-order valence-corrected chi connectivity index (χ0v) is 47.1. The van der Waals surface area contributed by atoms with Crippen LogP contribution in [-0.4, -0.2) is 37.4 Å². The summed E-state index contributed by atoms with van der Waals surface area (Å²) >= 11 is 0. The van der Waals surface area contributed by atoms with Crippen molar-refractivity contribution in [2.75, 3.05) is 32.3 Å². The van der Waals surface area contributed by atoms with Crippen molar-refractivity contribution in [3.63, 3.8) is 0 Å². The van der Waals surface area contributed by atoms with E-state index >= 15 is 0 Å². The van der Waals surface area contributed by atoms with Gasteiger partial charge in [-0.25, -0.2) is 0 Å². The van der Waals surface area contributed by atoms with Crippen LogP contribution in [-0.2, 0) is 101 Å². The standard InChI is InChI=1S/C25H21N2O2.C25H28NO2.5Ir/c1-28-23-13-9-20(10-14-23)27(21-11-15-24(29-2)16-12-21)22-7-5-6-19(18-22)25-8-3-4-17-26-25;1-18(2)16-27-24-12-11-21(15-25(24)28-17-19(3)4)20-8-7-9-22(14-20)23-10-5-6-13-26-23;;;;;/h3-5,7-18H,1-2H3;5-8,10-15,18-19H,16-17H2,1-4H3;;;;;/q2*-1;;;;;. The van der Waals surface area contributed by atoms with E-state index in [1.807, 2.05) is 109 Å². The van der Waals surface area contributed by atoms with Gasteiger partial charge in [-0.2, -0.15) is 0 Å². The number of methoxy groups -OCH3 is 2. The summed E-state index contributed by atoms with van der Waals surface area (Å²) in [6.45, 7) is 9.89. The van der Waals surface area contributed by atoms with Gasteiger partial charge >= 0.3 is 0 Å². The molecule has 335 valence electrons. The van der Waals surface area contributed by atoms with Crippen molar-refractivity contribution in [1.29, 1.82) is 0 Å². The van der Waals surface area contributed by atoms with Crippen LogP contribution in [0.2, 0.25) is 0 Å². The van der Waals surface area contributed by atoms with Crippen molar-refractivity contribution in [2.45, 2.75) is 27.7 Å². The van der Waals surface area contributed by atoms with Crippen LogP contribution in [0.5, 0.6) is 23.0 Å². The molecule has 0 aliphatic heterocycles. The van der Waals surface area contributed by atoms with Crippen LogP contribution < -0.4 is 23.8 Å². The maximum Gasteiger partial charge on any atom is 0.161 e. The molecule has 2 aromatic heterocycles. The predicted molar refractivity (Wildman–Crippen MR) is 231 cm³/mol. The Bertz CT molecular complexity index is 2250. The zero-order valence-electron chi connectivity index (χ0n) is 35.1. The maximum atomic E-state index is 6.06. The number of rotatable bonds is 14. The molecular weight excluding hydrogens is 1670 g/mol. The topological polar surface area (TPSA) is 65.9 Å². The first-order valence-electron chi connectivity index (χ1n) is 19.2. The molecule has 0 spiro atoms. The fourth-order valence-corrected chi connectivity index (χ4v) is 5.92. The van der Waals surface area contributed by atoms with Gasteiger partial charge in [0, 0.05) is 124 Å². The van der Waals surface area contributed by atoms with E-state index in [4.69, 9.17) is 18.9 Å². The molecule has 0 saturated heterocycles. The zero-order chi connectivity index (χ0) is 40.0. The Morgan fingerprint density at radius 2 is 0.952 bits per heavy atom. The monoisotopic (exact) mass is 1720 g/mol. The molecule has 12 heteroatoms. The summed E-state index contributed by atoms with van der Waals surface area (Å²) in [4.78, 5) is 11.1. The molecule has 7 aromatic rings. The molecule has 7 rings (SSSR count). The molecule has 7 nitrogen and oxygen atoms in total. The van der Waals surface area contributed by atoms with E-state index < -0.39 is 0 Å². The Labute approximate surface area is 434 Å². The van der Waals surface area contributed by atoms with Crippen LogP contribution in [0.25, 0.3) is 33.6 Å². The number of hydrogen-bond acceptors (Lipinski definition) is 7. The maximum absolute atomic E-state index is 6.06. The van der Waals surface area contributed by atoms with Crippen molar-refractivity contribution >= 4 is 17.1 Å². The molecule has 2 heterocycles. The minimum absolute atomic E-state index is 0. The molecule has 0 aliphatic carbocycles. The molecule has 0 unspecified atom stereocenters. The van der Waals surface area contributed by atoms with Crippen LogP contribution in [0.15, 0.2) is 152 Å². The van der Waals surface area contributed by atoms with Gasteiger partial charge in [0.15, 0.2) is 11.5 Å². The predicted octanol–water partition coefficient (Wildman–Crippen LogP) is 12.3. The Balaban J connectivity index is 0.000000574. The van der Waals surface area contributed by atoms with Crippen molar-refractivity contribution in [3.8, 4) is 56.6 Å². The van der Waals surface area contributed by atoms with Crippen molar-refractivity contribution in [2.24, 2.45) is 11.8 Å². The minimum atomic E-state index is 0. The van der Waals surface area contributed by atoms with Gasteiger partial charge < -0.3 is 33.8 Å². The minimum Gasteiger partial charge on any atom is -0.497 e.